The van der Waals surface area contributed by atoms with Gasteiger partial charge < -0.3 is 10.0 Å². The van der Waals surface area contributed by atoms with E-state index in [1.165, 1.54) is 43.5 Å². The molecule has 108 valence electrons. The van der Waals surface area contributed by atoms with Gasteiger partial charge in [0.05, 0.1) is 0 Å². The molecule has 3 heteroatoms. The van der Waals surface area contributed by atoms with Gasteiger partial charge in [-0.3, -0.25) is 0 Å². The molecule has 0 saturated heterocycles. The van der Waals surface area contributed by atoms with Crippen LogP contribution in [0.5, 0.6) is 5.75 Å². The summed E-state index contributed by atoms with van der Waals surface area (Å²) in [7, 11) is 0. The summed E-state index contributed by atoms with van der Waals surface area (Å²) in [6, 6.07) is 6.52. The van der Waals surface area contributed by atoms with Crippen LogP contribution < -0.4 is 0 Å². The molecule has 1 N–H and O–H groups in total. The van der Waals surface area contributed by atoms with Crippen LogP contribution in [0.2, 0.25) is 0 Å². The van der Waals surface area contributed by atoms with Gasteiger partial charge in [-0.1, -0.05) is 19.9 Å². The molecule has 0 saturated carbocycles. The van der Waals surface area contributed by atoms with Crippen molar-refractivity contribution in [3.05, 3.63) is 29.3 Å². The number of nitrogens with zero attached hydrogens (tertiary/aromatic N) is 1. The first-order valence-electron chi connectivity index (χ1n) is 7.29. The minimum absolute atomic E-state index is 0. The van der Waals surface area contributed by atoms with Gasteiger partial charge in [-0.05, 0) is 68.5 Å². The van der Waals surface area contributed by atoms with Crippen molar-refractivity contribution in [3.63, 3.8) is 0 Å². The van der Waals surface area contributed by atoms with Gasteiger partial charge in [-0.25, -0.2) is 0 Å². The number of aromatic hydroxyl groups is 1. The Kier molecular flexibility index (Phi) is 6.87. The lowest BCUT2D eigenvalue weighted by molar-refractivity contribution is 0.180. The fourth-order valence-electron chi connectivity index (χ4n) is 3.09. The molecule has 0 radical (unpaired) electrons. The predicted molar refractivity (Wildman–Crippen MR) is 86.4 cm³/mol. The Hall–Kier alpha value is -0.540. The SMILES string of the molecule is Br.CCCN(CCC)C1CCc2ccc(O)cc2C1. The van der Waals surface area contributed by atoms with E-state index in [2.05, 4.69) is 24.8 Å². The standard InChI is InChI=1S/C16H25NO.BrH/c1-3-9-17(10-4-2)15-7-5-13-6-8-16(18)12-14(13)11-15;/h6,8,12,15,18H,3-5,7,9-11H2,1-2H3;1H. The zero-order valence-corrected chi connectivity index (χ0v) is 13.8. The first-order valence-corrected chi connectivity index (χ1v) is 7.29. The largest absolute Gasteiger partial charge is 0.508 e. The highest BCUT2D eigenvalue weighted by molar-refractivity contribution is 8.93. The minimum Gasteiger partial charge on any atom is -0.508 e. The number of fused-ring (bicyclic) bond motifs is 1. The van der Waals surface area contributed by atoms with Crippen LogP contribution in [0.3, 0.4) is 0 Å². The number of hydrogen-bond acceptors (Lipinski definition) is 2. The van der Waals surface area contributed by atoms with E-state index >= 15 is 0 Å². The fourth-order valence-corrected chi connectivity index (χ4v) is 3.09. The van der Waals surface area contributed by atoms with E-state index in [-0.39, 0.29) is 17.0 Å². The van der Waals surface area contributed by atoms with Gasteiger partial charge in [-0.2, -0.15) is 0 Å². The third-order valence-electron chi connectivity index (χ3n) is 3.93. The Morgan fingerprint density at radius 2 is 1.84 bits per heavy atom. The molecule has 0 fully saturated rings. The third-order valence-corrected chi connectivity index (χ3v) is 3.93. The Bertz CT molecular complexity index is 388. The fraction of sp³-hybridized carbons (Fsp3) is 0.625. The summed E-state index contributed by atoms with van der Waals surface area (Å²) >= 11 is 0. The van der Waals surface area contributed by atoms with Crippen LogP contribution in [-0.4, -0.2) is 29.1 Å². The average Bonchev–Trinajstić information content (AvgIpc) is 2.37. The molecule has 1 aromatic rings. The number of phenols is 1. The zero-order chi connectivity index (χ0) is 13.0. The molecule has 1 aliphatic carbocycles. The maximum atomic E-state index is 9.61. The zero-order valence-electron chi connectivity index (χ0n) is 12.1. The molecule has 0 aliphatic heterocycles. The van der Waals surface area contributed by atoms with Gasteiger partial charge in [0.15, 0.2) is 0 Å². The summed E-state index contributed by atoms with van der Waals surface area (Å²) in [5.74, 6) is 0.409. The molecule has 1 aromatic carbocycles. The van der Waals surface area contributed by atoms with Crippen molar-refractivity contribution in [2.45, 2.75) is 52.0 Å². The van der Waals surface area contributed by atoms with E-state index in [1.54, 1.807) is 0 Å². The van der Waals surface area contributed by atoms with Gasteiger partial charge in [-0.15, -0.1) is 17.0 Å². The maximum absolute atomic E-state index is 9.61. The van der Waals surface area contributed by atoms with Gasteiger partial charge in [0.25, 0.3) is 0 Å². The Morgan fingerprint density at radius 1 is 1.16 bits per heavy atom. The van der Waals surface area contributed by atoms with E-state index in [4.69, 9.17) is 0 Å². The van der Waals surface area contributed by atoms with Gasteiger partial charge in [0.1, 0.15) is 5.75 Å². The van der Waals surface area contributed by atoms with Gasteiger partial charge >= 0.3 is 0 Å². The normalized spacial score (nSPS) is 17.9. The van der Waals surface area contributed by atoms with E-state index in [9.17, 15) is 5.11 Å². The molecule has 0 amide bonds. The van der Waals surface area contributed by atoms with E-state index < -0.39 is 0 Å². The molecule has 2 rings (SSSR count). The predicted octanol–water partition coefficient (Wildman–Crippen LogP) is 3.95. The molecule has 1 unspecified atom stereocenters. The van der Waals surface area contributed by atoms with Crippen molar-refractivity contribution < 1.29 is 5.11 Å². The van der Waals surface area contributed by atoms with Gasteiger partial charge in [0.2, 0.25) is 0 Å². The van der Waals surface area contributed by atoms with Crippen molar-refractivity contribution in [1.29, 1.82) is 0 Å². The Labute approximate surface area is 127 Å². The van der Waals surface area contributed by atoms with E-state index in [1.807, 2.05) is 12.1 Å². The molecule has 1 atom stereocenters. The summed E-state index contributed by atoms with van der Waals surface area (Å²) in [4.78, 5) is 2.63. The molecule has 0 heterocycles. The lowest BCUT2D eigenvalue weighted by Gasteiger charge is -2.35. The van der Waals surface area contributed by atoms with E-state index in [0.717, 1.165) is 12.8 Å². The van der Waals surface area contributed by atoms with Crippen molar-refractivity contribution in [2.75, 3.05) is 13.1 Å². The van der Waals surface area contributed by atoms with Crippen LogP contribution in [0.4, 0.5) is 0 Å². The quantitative estimate of drug-likeness (QED) is 0.885. The number of aryl methyl sites for hydroxylation is 1. The number of rotatable bonds is 5. The molecule has 0 bridgehead atoms. The molecular formula is C16H26BrNO. The number of halogens is 1. The summed E-state index contributed by atoms with van der Waals surface area (Å²) in [6.07, 6.45) is 5.97. The van der Waals surface area contributed by atoms with Crippen LogP contribution in [0, 0.1) is 0 Å². The highest BCUT2D eigenvalue weighted by Crippen LogP contribution is 2.27. The second-order valence-electron chi connectivity index (χ2n) is 5.39. The van der Waals surface area contributed by atoms with Crippen LogP contribution >= 0.6 is 17.0 Å². The van der Waals surface area contributed by atoms with Crippen LogP contribution in [0.1, 0.15) is 44.2 Å². The highest BCUT2D eigenvalue weighted by atomic mass is 79.9. The topological polar surface area (TPSA) is 23.5 Å². The molecule has 0 aromatic heterocycles. The van der Waals surface area contributed by atoms with Crippen molar-refractivity contribution >= 4 is 17.0 Å². The number of benzene rings is 1. The van der Waals surface area contributed by atoms with Gasteiger partial charge in [0, 0.05) is 6.04 Å². The second-order valence-corrected chi connectivity index (χ2v) is 5.39. The Balaban J connectivity index is 0.00000180. The molecule has 1 aliphatic rings. The maximum Gasteiger partial charge on any atom is 0.115 e. The summed E-state index contributed by atoms with van der Waals surface area (Å²) in [5.41, 5.74) is 2.78. The van der Waals surface area contributed by atoms with E-state index in [0.29, 0.717) is 11.8 Å². The summed E-state index contributed by atoms with van der Waals surface area (Å²) in [5, 5.41) is 9.61. The monoisotopic (exact) mass is 327 g/mol. The van der Waals surface area contributed by atoms with Crippen molar-refractivity contribution in [1.82, 2.24) is 4.90 Å². The first kappa shape index (κ1) is 16.5. The van der Waals surface area contributed by atoms with Crippen molar-refractivity contribution in [2.24, 2.45) is 0 Å². The number of hydrogen-bond donors (Lipinski definition) is 1. The lowest BCUT2D eigenvalue weighted by Crippen LogP contribution is -2.40. The molecular weight excluding hydrogens is 302 g/mol. The molecule has 2 nitrogen and oxygen atoms in total. The summed E-state index contributed by atoms with van der Waals surface area (Å²) < 4.78 is 0. The third kappa shape index (κ3) is 4.22. The minimum atomic E-state index is 0. The van der Waals surface area contributed by atoms with Crippen LogP contribution in [0.25, 0.3) is 0 Å². The van der Waals surface area contributed by atoms with Crippen molar-refractivity contribution in [3.8, 4) is 5.75 Å². The van der Waals surface area contributed by atoms with Crippen LogP contribution in [-0.2, 0) is 12.8 Å². The Morgan fingerprint density at radius 3 is 2.47 bits per heavy atom. The van der Waals surface area contributed by atoms with Crippen LogP contribution in [0.15, 0.2) is 18.2 Å². The average molecular weight is 328 g/mol. The molecule has 0 spiro atoms. The summed E-state index contributed by atoms with van der Waals surface area (Å²) in [6.45, 7) is 6.91. The number of phenolic OH excluding ortho intramolecular Hbond substituents is 1. The lowest BCUT2D eigenvalue weighted by atomic mass is 9.87. The second kappa shape index (κ2) is 7.91. The first-order chi connectivity index (χ1) is 8.74. The molecule has 19 heavy (non-hydrogen) atoms. The smallest absolute Gasteiger partial charge is 0.115 e. The highest BCUT2D eigenvalue weighted by Gasteiger charge is 2.23.